The molecule has 5 heteroatoms. The van der Waals surface area contributed by atoms with Gasteiger partial charge < -0.3 is 0 Å². The number of carbonyl (C=O) groups is 1. The van der Waals surface area contributed by atoms with E-state index in [9.17, 15) is 4.79 Å². The van der Waals surface area contributed by atoms with E-state index in [1.165, 1.54) is 0 Å². The van der Waals surface area contributed by atoms with Crippen molar-refractivity contribution < 1.29 is 4.79 Å². The molecular weight excluding hydrogens is 259 g/mol. The number of Topliss-reactive ketones (excluding diaryl/α,β-unsaturated/α-hetero) is 1. The summed E-state index contributed by atoms with van der Waals surface area (Å²) in [5.74, 6) is -0.0460. The number of hydrogen-bond acceptors (Lipinski definition) is 2. The van der Waals surface area contributed by atoms with Crippen LogP contribution in [0.2, 0.25) is 10.0 Å². The van der Waals surface area contributed by atoms with E-state index in [1.54, 1.807) is 29.1 Å². The third-order valence-corrected chi connectivity index (χ3v) is 3.20. The molecule has 0 radical (unpaired) electrons. The van der Waals surface area contributed by atoms with Gasteiger partial charge >= 0.3 is 0 Å². The van der Waals surface area contributed by atoms with Crippen molar-refractivity contribution in [2.45, 2.75) is 13.5 Å². The van der Waals surface area contributed by atoms with Crippen LogP contribution in [0.5, 0.6) is 0 Å². The number of halogens is 2. The molecule has 2 aromatic rings. The third kappa shape index (κ3) is 2.68. The van der Waals surface area contributed by atoms with Gasteiger partial charge in [0.1, 0.15) is 6.54 Å². The second-order valence-corrected chi connectivity index (χ2v) is 4.50. The molecule has 2 rings (SSSR count). The Bertz CT molecular complexity index is 563. The highest BCUT2D eigenvalue weighted by Crippen LogP contribution is 2.22. The second-order valence-electron chi connectivity index (χ2n) is 3.68. The minimum absolute atomic E-state index is 0.0460. The van der Waals surface area contributed by atoms with Crippen LogP contribution < -0.4 is 0 Å². The molecule has 1 aromatic carbocycles. The first-order valence-electron chi connectivity index (χ1n) is 5.04. The highest BCUT2D eigenvalue weighted by molar-refractivity contribution is 6.42. The van der Waals surface area contributed by atoms with Gasteiger partial charge in [0.15, 0.2) is 5.78 Å². The maximum atomic E-state index is 12.0. The molecule has 0 aliphatic rings. The Hall–Kier alpha value is -1.32. The number of benzene rings is 1. The average Bonchev–Trinajstić information content (AvgIpc) is 2.68. The molecule has 0 aliphatic carbocycles. The molecule has 0 spiro atoms. The molecule has 0 atom stereocenters. The van der Waals surface area contributed by atoms with Crippen molar-refractivity contribution in [2.75, 3.05) is 0 Å². The van der Waals surface area contributed by atoms with E-state index in [0.29, 0.717) is 15.6 Å². The molecule has 0 aliphatic heterocycles. The molecule has 17 heavy (non-hydrogen) atoms. The summed E-state index contributed by atoms with van der Waals surface area (Å²) < 4.78 is 1.64. The predicted octanol–water partition coefficient (Wildman–Crippen LogP) is 3.38. The molecule has 1 aromatic heterocycles. The summed E-state index contributed by atoms with van der Waals surface area (Å²) in [6.45, 7) is 2.10. The highest BCUT2D eigenvalue weighted by atomic mass is 35.5. The Balaban J connectivity index is 2.20. The van der Waals surface area contributed by atoms with Crippen molar-refractivity contribution in [3.8, 4) is 0 Å². The van der Waals surface area contributed by atoms with Crippen molar-refractivity contribution in [3.05, 3.63) is 51.8 Å². The Labute approximate surface area is 109 Å². The topological polar surface area (TPSA) is 34.9 Å². The number of ketones is 1. The third-order valence-electron chi connectivity index (χ3n) is 2.46. The van der Waals surface area contributed by atoms with Gasteiger partial charge in [-0.05, 0) is 31.2 Å². The van der Waals surface area contributed by atoms with Crippen LogP contribution in [-0.2, 0) is 6.54 Å². The minimum atomic E-state index is -0.0460. The van der Waals surface area contributed by atoms with E-state index < -0.39 is 0 Å². The van der Waals surface area contributed by atoms with Gasteiger partial charge in [-0.25, -0.2) is 0 Å². The van der Waals surface area contributed by atoms with E-state index >= 15 is 0 Å². The van der Waals surface area contributed by atoms with E-state index in [1.807, 2.05) is 13.0 Å². The summed E-state index contributed by atoms with van der Waals surface area (Å²) >= 11 is 11.7. The molecule has 88 valence electrons. The van der Waals surface area contributed by atoms with Crippen molar-refractivity contribution in [2.24, 2.45) is 0 Å². The van der Waals surface area contributed by atoms with Crippen LogP contribution in [-0.4, -0.2) is 15.6 Å². The maximum Gasteiger partial charge on any atom is 0.184 e. The summed E-state index contributed by atoms with van der Waals surface area (Å²) in [6, 6.07) is 6.70. The van der Waals surface area contributed by atoms with Crippen molar-refractivity contribution >= 4 is 29.0 Å². The molecule has 0 N–H and O–H groups in total. The van der Waals surface area contributed by atoms with Gasteiger partial charge in [0.2, 0.25) is 0 Å². The van der Waals surface area contributed by atoms with Crippen LogP contribution in [0.3, 0.4) is 0 Å². The monoisotopic (exact) mass is 268 g/mol. The standard InChI is InChI=1S/C12H10Cl2N2O/c1-8-4-5-15-16(8)7-12(17)9-2-3-10(13)11(14)6-9/h2-6H,7H2,1H3. The lowest BCUT2D eigenvalue weighted by Crippen LogP contribution is -2.12. The van der Waals surface area contributed by atoms with E-state index in [-0.39, 0.29) is 12.3 Å². The Morgan fingerprint density at radius 2 is 2.06 bits per heavy atom. The van der Waals surface area contributed by atoms with Crippen molar-refractivity contribution in [3.63, 3.8) is 0 Å². The lowest BCUT2D eigenvalue weighted by Gasteiger charge is -2.05. The van der Waals surface area contributed by atoms with Crippen LogP contribution in [0.1, 0.15) is 16.1 Å². The fourth-order valence-corrected chi connectivity index (χ4v) is 1.76. The molecule has 3 nitrogen and oxygen atoms in total. The summed E-state index contributed by atoms with van der Waals surface area (Å²) in [7, 11) is 0. The Morgan fingerprint density at radius 3 is 2.65 bits per heavy atom. The molecular formula is C12H10Cl2N2O. The molecule has 0 amide bonds. The van der Waals surface area contributed by atoms with E-state index in [0.717, 1.165) is 5.69 Å². The molecule has 0 saturated heterocycles. The zero-order valence-electron chi connectivity index (χ0n) is 9.15. The SMILES string of the molecule is Cc1ccnn1CC(=O)c1ccc(Cl)c(Cl)c1. The zero-order chi connectivity index (χ0) is 12.4. The number of hydrogen-bond donors (Lipinski definition) is 0. The summed E-state index contributed by atoms with van der Waals surface area (Å²) in [5.41, 5.74) is 1.48. The largest absolute Gasteiger partial charge is 0.292 e. The van der Waals surface area contributed by atoms with Gasteiger partial charge in [-0.1, -0.05) is 23.2 Å². The lowest BCUT2D eigenvalue weighted by atomic mass is 10.1. The van der Waals surface area contributed by atoms with Crippen LogP contribution in [0, 0.1) is 6.92 Å². The van der Waals surface area contributed by atoms with Gasteiger partial charge in [0.25, 0.3) is 0 Å². The molecule has 0 unspecified atom stereocenters. The first kappa shape index (κ1) is 12.1. The van der Waals surface area contributed by atoms with Gasteiger partial charge in [-0.2, -0.15) is 5.10 Å². The average molecular weight is 269 g/mol. The quantitative estimate of drug-likeness (QED) is 0.800. The Morgan fingerprint density at radius 1 is 1.29 bits per heavy atom. The first-order chi connectivity index (χ1) is 8.08. The molecule has 0 fully saturated rings. The molecule has 0 bridgehead atoms. The number of aryl methyl sites for hydroxylation is 1. The molecule has 0 saturated carbocycles. The number of nitrogens with zero attached hydrogens (tertiary/aromatic N) is 2. The van der Waals surface area contributed by atoms with Crippen LogP contribution in [0.25, 0.3) is 0 Å². The Kier molecular flexibility index (Phi) is 3.50. The van der Waals surface area contributed by atoms with Gasteiger partial charge in [-0.15, -0.1) is 0 Å². The van der Waals surface area contributed by atoms with Crippen LogP contribution >= 0.6 is 23.2 Å². The lowest BCUT2D eigenvalue weighted by molar-refractivity contribution is 0.0967. The predicted molar refractivity (Wildman–Crippen MR) is 67.8 cm³/mol. The smallest absolute Gasteiger partial charge is 0.184 e. The van der Waals surface area contributed by atoms with Gasteiger partial charge in [0.05, 0.1) is 10.0 Å². The van der Waals surface area contributed by atoms with E-state index in [2.05, 4.69) is 5.10 Å². The normalized spacial score (nSPS) is 10.5. The molecule has 1 heterocycles. The minimum Gasteiger partial charge on any atom is -0.292 e. The fourth-order valence-electron chi connectivity index (χ4n) is 1.46. The summed E-state index contributed by atoms with van der Waals surface area (Å²) in [4.78, 5) is 12.0. The van der Waals surface area contributed by atoms with Crippen LogP contribution in [0.15, 0.2) is 30.5 Å². The summed E-state index contributed by atoms with van der Waals surface area (Å²) in [6.07, 6.45) is 1.66. The number of aromatic nitrogens is 2. The van der Waals surface area contributed by atoms with Gasteiger partial charge in [0, 0.05) is 17.5 Å². The first-order valence-corrected chi connectivity index (χ1v) is 5.80. The van der Waals surface area contributed by atoms with Crippen LogP contribution in [0.4, 0.5) is 0 Å². The van der Waals surface area contributed by atoms with Gasteiger partial charge in [-0.3, -0.25) is 9.48 Å². The van der Waals surface area contributed by atoms with Crippen molar-refractivity contribution in [1.82, 2.24) is 9.78 Å². The second kappa shape index (κ2) is 4.90. The number of rotatable bonds is 3. The summed E-state index contributed by atoms with van der Waals surface area (Å²) in [5, 5.41) is 4.89. The zero-order valence-corrected chi connectivity index (χ0v) is 10.7. The fraction of sp³-hybridized carbons (Fsp3) is 0.167. The van der Waals surface area contributed by atoms with Crippen molar-refractivity contribution in [1.29, 1.82) is 0 Å². The highest BCUT2D eigenvalue weighted by Gasteiger charge is 2.10. The van der Waals surface area contributed by atoms with E-state index in [4.69, 9.17) is 23.2 Å². The maximum absolute atomic E-state index is 12.0. The number of carbonyl (C=O) groups excluding carboxylic acids is 1.